The Bertz CT molecular complexity index is 593. The van der Waals surface area contributed by atoms with Gasteiger partial charge in [0.25, 0.3) is 0 Å². The zero-order chi connectivity index (χ0) is 17.6. The van der Waals surface area contributed by atoms with E-state index in [1.54, 1.807) is 0 Å². The van der Waals surface area contributed by atoms with Crippen molar-refractivity contribution in [1.29, 1.82) is 0 Å². The summed E-state index contributed by atoms with van der Waals surface area (Å²) in [6.45, 7) is 1.32. The summed E-state index contributed by atoms with van der Waals surface area (Å²) in [4.78, 5) is 24.6. The van der Waals surface area contributed by atoms with Crippen molar-refractivity contribution in [3.05, 3.63) is 29.8 Å². The number of amides is 3. The highest BCUT2D eigenvalue weighted by atomic mass is 19.4. The predicted molar refractivity (Wildman–Crippen MR) is 79.5 cm³/mol. The normalized spacial score (nSPS) is 15.5. The standard InChI is InChI=1S/C15H18F3N3O3/c16-15(17,18)11-2-1-3-12(10-11)24-9-6-20-14(23)21-7-4-13(22)19-5-8-21/h1-3,10H,4-9H2,(H,19,22)(H,20,23). The predicted octanol–water partition coefficient (Wildman–Crippen LogP) is 1.62. The highest BCUT2D eigenvalue weighted by Crippen LogP contribution is 2.31. The largest absolute Gasteiger partial charge is 0.492 e. The van der Waals surface area contributed by atoms with Gasteiger partial charge in [0.1, 0.15) is 12.4 Å². The Balaban J connectivity index is 1.74. The van der Waals surface area contributed by atoms with Gasteiger partial charge in [-0.15, -0.1) is 0 Å². The summed E-state index contributed by atoms with van der Waals surface area (Å²) < 4.78 is 43.0. The zero-order valence-electron chi connectivity index (χ0n) is 12.9. The Morgan fingerprint density at radius 2 is 2.12 bits per heavy atom. The van der Waals surface area contributed by atoms with Gasteiger partial charge in [0, 0.05) is 26.1 Å². The number of carbonyl (C=O) groups is 2. The van der Waals surface area contributed by atoms with Gasteiger partial charge in [0.05, 0.1) is 12.1 Å². The molecule has 0 spiro atoms. The summed E-state index contributed by atoms with van der Waals surface area (Å²) in [5.74, 6) is -0.0122. The number of halogens is 3. The average molecular weight is 345 g/mol. The van der Waals surface area contributed by atoms with Crippen LogP contribution in [0.5, 0.6) is 5.75 Å². The van der Waals surface area contributed by atoms with E-state index >= 15 is 0 Å². The van der Waals surface area contributed by atoms with E-state index in [9.17, 15) is 22.8 Å². The smallest absolute Gasteiger partial charge is 0.416 e. The van der Waals surface area contributed by atoms with E-state index in [2.05, 4.69) is 10.6 Å². The van der Waals surface area contributed by atoms with Gasteiger partial charge >= 0.3 is 12.2 Å². The lowest BCUT2D eigenvalue weighted by atomic mass is 10.2. The summed E-state index contributed by atoms with van der Waals surface area (Å²) >= 11 is 0. The molecule has 3 amide bonds. The number of nitrogens with one attached hydrogen (secondary N) is 2. The van der Waals surface area contributed by atoms with Crippen LogP contribution in [0.3, 0.4) is 0 Å². The number of nitrogens with zero attached hydrogens (tertiary/aromatic N) is 1. The molecule has 6 nitrogen and oxygen atoms in total. The number of benzene rings is 1. The van der Waals surface area contributed by atoms with Crippen molar-refractivity contribution in [3.8, 4) is 5.75 Å². The van der Waals surface area contributed by atoms with E-state index in [0.29, 0.717) is 19.6 Å². The van der Waals surface area contributed by atoms with Gasteiger partial charge in [0.15, 0.2) is 0 Å². The van der Waals surface area contributed by atoms with Gasteiger partial charge in [-0.1, -0.05) is 6.07 Å². The van der Waals surface area contributed by atoms with Crippen molar-refractivity contribution in [2.24, 2.45) is 0 Å². The Morgan fingerprint density at radius 3 is 2.88 bits per heavy atom. The molecule has 1 aliphatic heterocycles. The van der Waals surface area contributed by atoms with Crippen LogP contribution >= 0.6 is 0 Å². The fourth-order valence-electron chi connectivity index (χ4n) is 2.17. The van der Waals surface area contributed by atoms with E-state index in [1.165, 1.54) is 17.0 Å². The van der Waals surface area contributed by atoms with Gasteiger partial charge in [-0.25, -0.2) is 4.79 Å². The molecule has 0 unspecified atom stereocenters. The Labute approximate surface area is 137 Å². The summed E-state index contributed by atoms with van der Waals surface area (Å²) in [5.41, 5.74) is -0.786. The molecular weight excluding hydrogens is 327 g/mol. The van der Waals surface area contributed by atoms with Crippen LogP contribution in [0, 0.1) is 0 Å². The van der Waals surface area contributed by atoms with Crippen LogP contribution in [-0.2, 0) is 11.0 Å². The lowest BCUT2D eigenvalue weighted by Gasteiger charge is -2.20. The van der Waals surface area contributed by atoms with E-state index < -0.39 is 11.7 Å². The third-order valence-electron chi connectivity index (χ3n) is 3.41. The number of alkyl halides is 3. The topological polar surface area (TPSA) is 70.7 Å². The number of rotatable bonds is 4. The minimum Gasteiger partial charge on any atom is -0.492 e. The molecule has 1 saturated heterocycles. The summed E-state index contributed by atoms with van der Waals surface area (Å²) in [5, 5.41) is 5.27. The first-order valence-corrected chi connectivity index (χ1v) is 7.46. The van der Waals surface area contributed by atoms with Crippen molar-refractivity contribution in [3.63, 3.8) is 0 Å². The third kappa shape index (κ3) is 5.32. The Hall–Kier alpha value is -2.45. The maximum atomic E-state index is 12.6. The van der Waals surface area contributed by atoms with Crippen molar-refractivity contribution in [2.75, 3.05) is 32.8 Å². The van der Waals surface area contributed by atoms with Gasteiger partial charge in [-0.05, 0) is 18.2 Å². The van der Waals surface area contributed by atoms with Gasteiger partial charge in [-0.3, -0.25) is 4.79 Å². The molecule has 1 aliphatic rings. The van der Waals surface area contributed by atoms with Crippen LogP contribution in [0.2, 0.25) is 0 Å². The van der Waals surface area contributed by atoms with Crippen molar-refractivity contribution < 1.29 is 27.5 Å². The van der Waals surface area contributed by atoms with Crippen LogP contribution in [0.25, 0.3) is 0 Å². The Kier molecular flexibility index (Phi) is 5.88. The number of hydrogen-bond acceptors (Lipinski definition) is 3. The van der Waals surface area contributed by atoms with Crippen molar-refractivity contribution in [2.45, 2.75) is 12.6 Å². The molecule has 0 bridgehead atoms. The van der Waals surface area contributed by atoms with E-state index in [0.717, 1.165) is 12.1 Å². The van der Waals surface area contributed by atoms with E-state index in [1.807, 2.05) is 0 Å². The highest BCUT2D eigenvalue weighted by molar-refractivity contribution is 5.79. The molecule has 24 heavy (non-hydrogen) atoms. The van der Waals surface area contributed by atoms with Gasteiger partial charge in [0.2, 0.25) is 5.91 Å². The molecule has 2 rings (SSSR count). The first-order valence-electron chi connectivity index (χ1n) is 7.46. The lowest BCUT2D eigenvalue weighted by molar-refractivity contribution is -0.137. The molecule has 0 atom stereocenters. The number of carbonyl (C=O) groups excluding carboxylic acids is 2. The quantitative estimate of drug-likeness (QED) is 0.815. The molecule has 1 fully saturated rings. The average Bonchev–Trinajstić information content (AvgIpc) is 2.75. The third-order valence-corrected chi connectivity index (χ3v) is 3.41. The van der Waals surface area contributed by atoms with Crippen molar-refractivity contribution in [1.82, 2.24) is 15.5 Å². The number of urea groups is 1. The molecule has 1 aromatic carbocycles. The first kappa shape index (κ1) is 17.9. The zero-order valence-corrected chi connectivity index (χ0v) is 12.9. The molecule has 0 aliphatic carbocycles. The minimum absolute atomic E-state index is 0.0398. The second kappa shape index (κ2) is 7.89. The van der Waals surface area contributed by atoms with Crippen LogP contribution < -0.4 is 15.4 Å². The molecular formula is C15H18F3N3O3. The highest BCUT2D eigenvalue weighted by Gasteiger charge is 2.30. The molecule has 0 radical (unpaired) electrons. The number of hydrogen-bond donors (Lipinski definition) is 2. The second-order valence-electron chi connectivity index (χ2n) is 5.19. The molecule has 1 aromatic rings. The summed E-state index contributed by atoms with van der Waals surface area (Å²) in [6.07, 6.45) is -4.18. The van der Waals surface area contributed by atoms with Gasteiger partial charge < -0.3 is 20.3 Å². The van der Waals surface area contributed by atoms with Gasteiger partial charge in [-0.2, -0.15) is 13.2 Å². The maximum Gasteiger partial charge on any atom is 0.416 e. The van der Waals surface area contributed by atoms with Crippen LogP contribution in [-0.4, -0.2) is 49.6 Å². The molecule has 0 aromatic heterocycles. The van der Waals surface area contributed by atoms with Crippen LogP contribution in [0.1, 0.15) is 12.0 Å². The van der Waals surface area contributed by atoms with Crippen LogP contribution in [0.15, 0.2) is 24.3 Å². The maximum absolute atomic E-state index is 12.6. The fraction of sp³-hybridized carbons (Fsp3) is 0.467. The minimum atomic E-state index is -4.42. The fourth-order valence-corrected chi connectivity index (χ4v) is 2.17. The summed E-state index contributed by atoms with van der Waals surface area (Å²) in [6, 6.07) is 4.22. The van der Waals surface area contributed by atoms with E-state index in [-0.39, 0.29) is 37.3 Å². The molecule has 0 saturated carbocycles. The second-order valence-corrected chi connectivity index (χ2v) is 5.19. The van der Waals surface area contributed by atoms with E-state index in [4.69, 9.17) is 4.74 Å². The molecule has 2 N–H and O–H groups in total. The number of ether oxygens (including phenoxy) is 1. The first-order chi connectivity index (χ1) is 11.4. The molecule has 132 valence electrons. The van der Waals surface area contributed by atoms with Crippen molar-refractivity contribution >= 4 is 11.9 Å². The monoisotopic (exact) mass is 345 g/mol. The SMILES string of the molecule is O=C1CCN(C(=O)NCCOc2cccc(C(F)(F)F)c2)CCN1. The summed E-state index contributed by atoms with van der Waals surface area (Å²) in [7, 11) is 0. The Morgan fingerprint density at radius 1 is 1.33 bits per heavy atom. The lowest BCUT2D eigenvalue weighted by Crippen LogP contribution is -2.43. The molecule has 9 heteroatoms. The van der Waals surface area contributed by atoms with Crippen LogP contribution in [0.4, 0.5) is 18.0 Å². The molecule has 1 heterocycles.